The fourth-order valence-corrected chi connectivity index (χ4v) is 3.49. The van der Waals surface area contributed by atoms with Crippen LogP contribution in [0.1, 0.15) is 56.5 Å². The van der Waals surface area contributed by atoms with Gasteiger partial charge in [0, 0.05) is 24.2 Å². The molecule has 0 amide bonds. The Morgan fingerprint density at radius 2 is 1.69 bits per heavy atom. The van der Waals surface area contributed by atoms with Crippen LogP contribution in [0.5, 0.6) is 11.5 Å². The van der Waals surface area contributed by atoms with Crippen LogP contribution in [0.3, 0.4) is 0 Å². The van der Waals surface area contributed by atoms with Gasteiger partial charge in [-0.25, -0.2) is 4.79 Å². The number of nitrogens with zero attached hydrogens (tertiary/aromatic N) is 1. The highest BCUT2D eigenvalue weighted by Crippen LogP contribution is 2.28. The lowest BCUT2D eigenvalue weighted by atomic mass is 9.98. The third kappa shape index (κ3) is 7.28. The normalized spacial score (nSPS) is 12.2. The van der Waals surface area contributed by atoms with E-state index in [1.54, 1.807) is 26.4 Å². The molecule has 0 bridgehead atoms. The minimum Gasteiger partial charge on any atom is -0.493 e. The number of carbonyl (C=O) groups is 1. The maximum absolute atomic E-state index is 11.6. The molecular formula is C25H38N2O5. The largest absolute Gasteiger partial charge is 0.493 e. The third-order valence-corrected chi connectivity index (χ3v) is 5.44. The highest BCUT2D eigenvalue weighted by atomic mass is 16.5. The van der Waals surface area contributed by atoms with Crippen molar-refractivity contribution in [2.24, 2.45) is 0 Å². The van der Waals surface area contributed by atoms with Crippen molar-refractivity contribution in [1.82, 2.24) is 10.2 Å². The highest BCUT2D eigenvalue weighted by molar-refractivity contribution is 5.86. The van der Waals surface area contributed by atoms with E-state index in [-0.39, 0.29) is 16.8 Å². The molecule has 0 aliphatic rings. The predicted octanol–water partition coefficient (Wildman–Crippen LogP) is 4.29. The average molecular weight is 447 g/mol. The van der Waals surface area contributed by atoms with Crippen molar-refractivity contribution < 1.29 is 23.4 Å². The molecule has 2 rings (SSSR count). The quantitative estimate of drug-likeness (QED) is 0.516. The number of carbonyl (C=O) groups excluding carboxylic acids is 1. The van der Waals surface area contributed by atoms with E-state index in [0.717, 1.165) is 31.0 Å². The van der Waals surface area contributed by atoms with Gasteiger partial charge in [0.1, 0.15) is 5.76 Å². The van der Waals surface area contributed by atoms with E-state index < -0.39 is 5.97 Å². The van der Waals surface area contributed by atoms with Gasteiger partial charge in [-0.15, -0.1) is 0 Å². The molecule has 7 nitrogen and oxygen atoms in total. The van der Waals surface area contributed by atoms with Crippen LogP contribution in [-0.2, 0) is 17.7 Å². The molecule has 0 unspecified atom stereocenters. The van der Waals surface area contributed by atoms with Crippen molar-refractivity contribution in [3.05, 3.63) is 47.4 Å². The van der Waals surface area contributed by atoms with Crippen LogP contribution in [0.15, 0.2) is 34.7 Å². The van der Waals surface area contributed by atoms with Gasteiger partial charge in [0.25, 0.3) is 0 Å². The van der Waals surface area contributed by atoms with Crippen LogP contribution in [0.25, 0.3) is 0 Å². The van der Waals surface area contributed by atoms with E-state index >= 15 is 0 Å². The summed E-state index contributed by atoms with van der Waals surface area (Å²) in [6.07, 6.45) is 0.897. The zero-order valence-electron chi connectivity index (χ0n) is 20.7. The lowest BCUT2D eigenvalue weighted by Crippen LogP contribution is -2.54. The zero-order chi connectivity index (χ0) is 23.9. The standard InChI is InChI=1S/C25H38N2O5/c1-24(2,3)27(14-13-18-9-11-20(29-6)22(15-18)30-7)17-25(4,5)26-16-19-10-12-21(32-19)23(28)31-8/h9-12,15,26H,13-14,16-17H2,1-8H3. The summed E-state index contributed by atoms with van der Waals surface area (Å²) < 4.78 is 21.1. The van der Waals surface area contributed by atoms with Gasteiger partial charge in [0.05, 0.1) is 27.9 Å². The summed E-state index contributed by atoms with van der Waals surface area (Å²) in [6, 6.07) is 9.52. The second-order valence-electron chi connectivity index (χ2n) is 9.53. The maximum Gasteiger partial charge on any atom is 0.373 e. The first kappa shape index (κ1) is 25.7. The molecule has 0 aliphatic heterocycles. The number of furan rings is 1. The Morgan fingerprint density at radius 3 is 2.28 bits per heavy atom. The molecular weight excluding hydrogens is 408 g/mol. The number of nitrogens with one attached hydrogen (secondary N) is 1. The monoisotopic (exact) mass is 446 g/mol. The first-order valence-corrected chi connectivity index (χ1v) is 10.9. The van der Waals surface area contributed by atoms with Crippen molar-refractivity contribution in [2.75, 3.05) is 34.4 Å². The lowest BCUT2D eigenvalue weighted by molar-refractivity contribution is 0.0562. The van der Waals surface area contributed by atoms with E-state index in [4.69, 9.17) is 18.6 Å². The molecule has 0 fully saturated rings. The molecule has 1 N–H and O–H groups in total. The van der Waals surface area contributed by atoms with E-state index in [2.05, 4.69) is 50.9 Å². The summed E-state index contributed by atoms with van der Waals surface area (Å²) in [5.74, 6) is 1.94. The predicted molar refractivity (Wildman–Crippen MR) is 126 cm³/mol. The average Bonchev–Trinajstić information content (AvgIpc) is 3.23. The minimum absolute atomic E-state index is 0.00174. The molecule has 0 atom stereocenters. The fourth-order valence-electron chi connectivity index (χ4n) is 3.49. The molecule has 0 spiro atoms. The Bertz CT molecular complexity index is 883. The molecule has 0 radical (unpaired) electrons. The van der Waals surface area contributed by atoms with Crippen LogP contribution in [0.2, 0.25) is 0 Å². The number of methoxy groups -OCH3 is 3. The molecule has 0 saturated heterocycles. The summed E-state index contributed by atoms with van der Waals surface area (Å²) in [6.45, 7) is 13.3. The van der Waals surface area contributed by atoms with Gasteiger partial charge in [-0.1, -0.05) is 6.07 Å². The van der Waals surface area contributed by atoms with Gasteiger partial charge in [-0.2, -0.15) is 0 Å². The summed E-state index contributed by atoms with van der Waals surface area (Å²) in [5, 5.41) is 3.56. The molecule has 1 aromatic carbocycles. The zero-order valence-corrected chi connectivity index (χ0v) is 20.7. The molecule has 0 saturated carbocycles. The van der Waals surface area contributed by atoms with E-state index in [1.807, 2.05) is 12.1 Å². The lowest BCUT2D eigenvalue weighted by Gasteiger charge is -2.41. The number of benzene rings is 1. The number of hydrogen-bond donors (Lipinski definition) is 1. The Hall–Kier alpha value is -2.51. The first-order valence-electron chi connectivity index (χ1n) is 10.9. The third-order valence-electron chi connectivity index (χ3n) is 5.44. The molecule has 2 aromatic rings. The maximum atomic E-state index is 11.6. The molecule has 0 aliphatic carbocycles. The Labute approximate surface area is 192 Å². The van der Waals surface area contributed by atoms with Crippen molar-refractivity contribution >= 4 is 5.97 Å². The van der Waals surface area contributed by atoms with Gasteiger partial charge in [0.15, 0.2) is 11.5 Å². The Kier molecular flexibility index (Phi) is 8.75. The summed E-state index contributed by atoms with van der Waals surface area (Å²) in [7, 11) is 4.65. The van der Waals surface area contributed by atoms with E-state index in [9.17, 15) is 4.79 Å². The van der Waals surface area contributed by atoms with Crippen LogP contribution in [0.4, 0.5) is 0 Å². The second-order valence-corrected chi connectivity index (χ2v) is 9.53. The smallest absolute Gasteiger partial charge is 0.373 e. The van der Waals surface area contributed by atoms with Gasteiger partial charge in [0.2, 0.25) is 5.76 Å². The van der Waals surface area contributed by atoms with Gasteiger partial charge >= 0.3 is 5.97 Å². The van der Waals surface area contributed by atoms with Crippen LogP contribution >= 0.6 is 0 Å². The molecule has 32 heavy (non-hydrogen) atoms. The molecule has 1 heterocycles. The molecule has 178 valence electrons. The summed E-state index contributed by atoms with van der Waals surface area (Å²) in [5.41, 5.74) is 1.02. The number of esters is 1. The van der Waals surface area contributed by atoms with Crippen LogP contribution in [-0.4, -0.2) is 56.4 Å². The highest BCUT2D eigenvalue weighted by Gasteiger charge is 2.28. The Balaban J connectivity index is 2.01. The van der Waals surface area contributed by atoms with E-state index in [1.165, 1.54) is 12.7 Å². The molecule has 7 heteroatoms. The number of hydrogen-bond acceptors (Lipinski definition) is 7. The topological polar surface area (TPSA) is 73.2 Å². The SMILES string of the molecule is COC(=O)c1ccc(CNC(C)(C)CN(CCc2ccc(OC)c(OC)c2)C(C)(C)C)o1. The summed E-state index contributed by atoms with van der Waals surface area (Å²) in [4.78, 5) is 14.1. The number of rotatable bonds is 11. The van der Waals surface area contributed by atoms with Gasteiger partial charge < -0.3 is 23.9 Å². The molecule has 1 aromatic heterocycles. The Morgan fingerprint density at radius 1 is 1.00 bits per heavy atom. The van der Waals surface area contributed by atoms with Gasteiger partial charge in [-0.05, 0) is 70.9 Å². The fraction of sp³-hybridized carbons (Fsp3) is 0.560. The van der Waals surface area contributed by atoms with Gasteiger partial charge in [-0.3, -0.25) is 4.90 Å². The first-order chi connectivity index (χ1) is 15.0. The van der Waals surface area contributed by atoms with Crippen molar-refractivity contribution in [3.63, 3.8) is 0 Å². The minimum atomic E-state index is -0.468. The van der Waals surface area contributed by atoms with Crippen LogP contribution < -0.4 is 14.8 Å². The van der Waals surface area contributed by atoms with Crippen molar-refractivity contribution in [3.8, 4) is 11.5 Å². The number of ether oxygens (including phenoxy) is 3. The van der Waals surface area contributed by atoms with Crippen LogP contribution in [0, 0.1) is 0 Å². The van der Waals surface area contributed by atoms with Crippen molar-refractivity contribution in [2.45, 2.75) is 58.7 Å². The summed E-state index contributed by atoms with van der Waals surface area (Å²) >= 11 is 0. The van der Waals surface area contributed by atoms with Crippen molar-refractivity contribution in [1.29, 1.82) is 0 Å². The van der Waals surface area contributed by atoms with E-state index in [0.29, 0.717) is 12.3 Å². The second kappa shape index (κ2) is 10.9.